The molecular formula is C6H8O5. The Morgan fingerprint density at radius 2 is 1.27 bits per heavy atom. The third kappa shape index (κ3) is 2.55. The summed E-state index contributed by atoms with van der Waals surface area (Å²) in [6, 6.07) is 0. The van der Waals surface area contributed by atoms with Gasteiger partial charge in [0, 0.05) is 0 Å². The van der Waals surface area contributed by atoms with E-state index in [1.54, 1.807) is 0 Å². The number of carbonyl (C=O) groups excluding carboxylic acids is 2. The summed E-state index contributed by atoms with van der Waals surface area (Å²) in [5.41, 5.74) is 0. The minimum atomic E-state index is -0.949. The predicted octanol–water partition coefficient (Wildman–Crippen LogP) is -0.897. The van der Waals surface area contributed by atoms with Crippen molar-refractivity contribution in [3.8, 4) is 0 Å². The van der Waals surface area contributed by atoms with Crippen molar-refractivity contribution in [2.75, 3.05) is 26.4 Å². The molecule has 5 heteroatoms. The van der Waals surface area contributed by atoms with Crippen LogP contribution in [0.25, 0.3) is 0 Å². The molecule has 5 nitrogen and oxygen atoms in total. The van der Waals surface area contributed by atoms with Gasteiger partial charge in [-0.25, -0.2) is 9.59 Å². The van der Waals surface area contributed by atoms with Crippen LogP contribution in [0.4, 0.5) is 0 Å². The summed E-state index contributed by atoms with van der Waals surface area (Å²) in [5.74, 6) is -1.90. The topological polar surface area (TPSA) is 61.8 Å². The van der Waals surface area contributed by atoms with Gasteiger partial charge in [-0.2, -0.15) is 0 Å². The fourth-order valence-corrected chi connectivity index (χ4v) is 0.606. The normalized spacial score (nSPS) is 20.7. The highest BCUT2D eigenvalue weighted by atomic mass is 16.6. The van der Waals surface area contributed by atoms with E-state index in [1.165, 1.54) is 0 Å². The molecule has 0 aromatic heterocycles. The van der Waals surface area contributed by atoms with E-state index in [4.69, 9.17) is 4.74 Å². The van der Waals surface area contributed by atoms with Crippen molar-refractivity contribution in [3.63, 3.8) is 0 Å². The smallest absolute Gasteiger partial charge is 0.417 e. The molecule has 0 N–H and O–H groups in total. The van der Waals surface area contributed by atoms with Gasteiger partial charge < -0.3 is 14.2 Å². The quantitative estimate of drug-likeness (QED) is 0.339. The molecule has 1 aliphatic heterocycles. The second kappa shape index (κ2) is 3.92. The molecule has 1 saturated heterocycles. The molecule has 11 heavy (non-hydrogen) atoms. The summed E-state index contributed by atoms with van der Waals surface area (Å²) in [4.78, 5) is 21.1. The Labute approximate surface area is 63.2 Å². The van der Waals surface area contributed by atoms with Crippen LogP contribution >= 0.6 is 0 Å². The minimum Gasteiger partial charge on any atom is -0.455 e. The third-order valence-corrected chi connectivity index (χ3v) is 1.09. The number of hydrogen-bond acceptors (Lipinski definition) is 5. The summed E-state index contributed by atoms with van der Waals surface area (Å²) >= 11 is 0. The summed E-state index contributed by atoms with van der Waals surface area (Å²) in [6.45, 7) is 0.826. The molecular weight excluding hydrogens is 152 g/mol. The first kappa shape index (κ1) is 8.00. The fourth-order valence-electron chi connectivity index (χ4n) is 0.606. The molecule has 1 heterocycles. The highest BCUT2D eigenvalue weighted by Gasteiger charge is 2.17. The van der Waals surface area contributed by atoms with Gasteiger partial charge in [0.1, 0.15) is 13.2 Å². The first-order valence-electron chi connectivity index (χ1n) is 3.22. The molecule has 0 unspecified atom stereocenters. The fraction of sp³-hybridized carbons (Fsp3) is 0.667. The number of hydrogen-bond donors (Lipinski definition) is 0. The van der Waals surface area contributed by atoms with Crippen LogP contribution < -0.4 is 0 Å². The summed E-state index contributed by atoms with van der Waals surface area (Å²) in [5, 5.41) is 0. The van der Waals surface area contributed by atoms with Crippen molar-refractivity contribution in [1.82, 2.24) is 0 Å². The monoisotopic (exact) mass is 160 g/mol. The number of carbonyl (C=O) groups is 2. The first-order valence-corrected chi connectivity index (χ1v) is 3.22. The lowest BCUT2D eigenvalue weighted by Gasteiger charge is -1.98. The van der Waals surface area contributed by atoms with E-state index < -0.39 is 11.9 Å². The number of cyclic esters (lactones) is 2. The molecule has 0 spiro atoms. The Bertz CT molecular complexity index is 146. The van der Waals surface area contributed by atoms with Gasteiger partial charge in [0.25, 0.3) is 0 Å². The van der Waals surface area contributed by atoms with E-state index in [2.05, 4.69) is 9.47 Å². The Kier molecular flexibility index (Phi) is 2.85. The molecule has 0 amide bonds. The second-order valence-corrected chi connectivity index (χ2v) is 1.88. The average molecular weight is 160 g/mol. The van der Waals surface area contributed by atoms with Gasteiger partial charge in [0.05, 0.1) is 13.2 Å². The van der Waals surface area contributed by atoms with E-state index >= 15 is 0 Å². The molecule has 1 aliphatic rings. The van der Waals surface area contributed by atoms with Crippen LogP contribution in [0.3, 0.4) is 0 Å². The second-order valence-electron chi connectivity index (χ2n) is 1.88. The lowest BCUT2D eigenvalue weighted by atomic mass is 10.7. The van der Waals surface area contributed by atoms with Crippen molar-refractivity contribution in [2.24, 2.45) is 0 Å². The zero-order valence-electron chi connectivity index (χ0n) is 5.87. The highest BCUT2D eigenvalue weighted by molar-refractivity contribution is 6.29. The highest BCUT2D eigenvalue weighted by Crippen LogP contribution is 1.89. The Morgan fingerprint density at radius 3 is 1.73 bits per heavy atom. The minimum absolute atomic E-state index is 0.105. The Hall–Kier alpha value is -1.10. The first-order chi connectivity index (χ1) is 5.30. The van der Waals surface area contributed by atoms with Gasteiger partial charge in [0.2, 0.25) is 0 Å². The van der Waals surface area contributed by atoms with Crippen molar-refractivity contribution in [3.05, 3.63) is 0 Å². The lowest BCUT2D eigenvalue weighted by molar-refractivity contribution is -0.166. The Balaban J connectivity index is 2.42. The molecule has 1 fully saturated rings. The predicted molar refractivity (Wildman–Crippen MR) is 32.7 cm³/mol. The number of rotatable bonds is 0. The van der Waals surface area contributed by atoms with Gasteiger partial charge in [-0.3, -0.25) is 0 Å². The number of ether oxygens (including phenoxy) is 3. The van der Waals surface area contributed by atoms with Crippen LogP contribution in [0, 0.1) is 0 Å². The van der Waals surface area contributed by atoms with Crippen molar-refractivity contribution < 1.29 is 23.8 Å². The molecule has 0 aromatic rings. The molecule has 0 atom stereocenters. The zero-order valence-corrected chi connectivity index (χ0v) is 5.87. The van der Waals surface area contributed by atoms with Crippen LogP contribution in [0.5, 0.6) is 0 Å². The van der Waals surface area contributed by atoms with Gasteiger partial charge in [-0.1, -0.05) is 0 Å². The van der Waals surface area contributed by atoms with Crippen molar-refractivity contribution in [2.45, 2.75) is 0 Å². The molecule has 0 radical (unpaired) electrons. The summed E-state index contributed by atoms with van der Waals surface area (Å²) in [7, 11) is 0. The van der Waals surface area contributed by atoms with Crippen LogP contribution in [0.1, 0.15) is 0 Å². The maximum absolute atomic E-state index is 10.6. The zero-order chi connectivity index (χ0) is 8.10. The molecule has 0 aliphatic carbocycles. The maximum atomic E-state index is 10.6. The van der Waals surface area contributed by atoms with Crippen LogP contribution in [-0.4, -0.2) is 38.4 Å². The average Bonchev–Trinajstić information content (AvgIpc) is 2.07. The van der Waals surface area contributed by atoms with Crippen LogP contribution in [0.2, 0.25) is 0 Å². The molecule has 0 saturated carbocycles. The van der Waals surface area contributed by atoms with Crippen molar-refractivity contribution in [1.29, 1.82) is 0 Å². The van der Waals surface area contributed by atoms with Crippen LogP contribution in [-0.2, 0) is 23.8 Å². The lowest BCUT2D eigenvalue weighted by Crippen LogP contribution is -2.20. The summed E-state index contributed by atoms with van der Waals surface area (Å²) < 4.78 is 13.8. The standard InChI is InChI=1S/C6H8O5/c7-5-6(8)11-4-2-9-1-3-10-5/h1-4H2. The van der Waals surface area contributed by atoms with E-state index in [-0.39, 0.29) is 13.2 Å². The maximum Gasteiger partial charge on any atom is 0.417 e. The van der Waals surface area contributed by atoms with Gasteiger partial charge >= 0.3 is 11.9 Å². The van der Waals surface area contributed by atoms with E-state index in [0.29, 0.717) is 13.2 Å². The molecule has 0 bridgehead atoms. The summed E-state index contributed by atoms with van der Waals surface area (Å²) in [6.07, 6.45) is 0. The van der Waals surface area contributed by atoms with E-state index in [1.807, 2.05) is 0 Å². The van der Waals surface area contributed by atoms with Gasteiger partial charge in [0.15, 0.2) is 0 Å². The Morgan fingerprint density at radius 1 is 0.818 bits per heavy atom. The number of esters is 2. The van der Waals surface area contributed by atoms with Gasteiger partial charge in [-0.05, 0) is 0 Å². The molecule has 62 valence electrons. The molecule has 1 rings (SSSR count). The molecule has 0 aromatic carbocycles. The van der Waals surface area contributed by atoms with E-state index in [0.717, 1.165) is 0 Å². The van der Waals surface area contributed by atoms with Crippen molar-refractivity contribution >= 4 is 11.9 Å². The van der Waals surface area contributed by atoms with Gasteiger partial charge in [-0.15, -0.1) is 0 Å². The van der Waals surface area contributed by atoms with E-state index in [9.17, 15) is 9.59 Å². The third-order valence-electron chi connectivity index (χ3n) is 1.09. The SMILES string of the molecule is O=C1OCCOCCOC1=O. The van der Waals surface area contributed by atoms with Crippen LogP contribution in [0.15, 0.2) is 0 Å². The largest absolute Gasteiger partial charge is 0.455 e.